The van der Waals surface area contributed by atoms with Crippen LogP contribution >= 0.6 is 11.3 Å². The van der Waals surface area contributed by atoms with E-state index in [0.717, 1.165) is 13.1 Å². The van der Waals surface area contributed by atoms with Crippen molar-refractivity contribution in [3.05, 3.63) is 34.0 Å². The minimum Gasteiger partial charge on any atom is -0.298 e. The Bertz CT molecular complexity index is 491. The van der Waals surface area contributed by atoms with Crippen molar-refractivity contribution in [2.24, 2.45) is 0 Å². The first-order valence-electron chi connectivity index (χ1n) is 6.42. The number of likely N-dealkylation sites (tertiary alicyclic amines) is 1. The first-order chi connectivity index (χ1) is 8.83. The van der Waals surface area contributed by atoms with E-state index in [2.05, 4.69) is 27.0 Å². The number of aryl methyl sites for hydroxylation is 1. The summed E-state index contributed by atoms with van der Waals surface area (Å²) in [6, 6.07) is 0. The van der Waals surface area contributed by atoms with Crippen LogP contribution < -0.4 is 0 Å². The Morgan fingerprint density at radius 1 is 1.50 bits per heavy atom. The first kappa shape index (κ1) is 11.9. The van der Waals surface area contributed by atoms with Crippen molar-refractivity contribution < 1.29 is 0 Å². The van der Waals surface area contributed by atoms with Crippen LogP contribution in [0.2, 0.25) is 0 Å². The highest BCUT2D eigenvalue weighted by Gasteiger charge is 2.23. The summed E-state index contributed by atoms with van der Waals surface area (Å²) in [4.78, 5) is 8.03. The van der Waals surface area contributed by atoms with Crippen LogP contribution in [0.4, 0.5) is 0 Å². The lowest BCUT2D eigenvalue weighted by molar-refractivity contribution is 0.199. The Morgan fingerprint density at radius 3 is 3.17 bits per heavy atom. The van der Waals surface area contributed by atoms with Crippen LogP contribution in [0.25, 0.3) is 0 Å². The van der Waals surface area contributed by atoms with Crippen molar-refractivity contribution in [2.45, 2.75) is 32.2 Å². The van der Waals surface area contributed by atoms with Crippen LogP contribution in [0, 0.1) is 6.92 Å². The number of aromatic amines is 1. The molecule has 1 fully saturated rings. The average Bonchev–Trinajstić information content (AvgIpc) is 3.01. The molecule has 18 heavy (non-hydrogen) atoms. The standard InChI is InChI=1S/C13H18N4S/c1-10-5-15-16-13(10)11-3-2-4-17(7-11)8-12-6-14-9-18-12/h5-6,9,11H,2-4,7-8H2,1H3,(H,15,16)/t11-/m1/s1. The lowest BCUT2D eigenvalue weighted by atomic mass is 9.93. The van der Waals surface area contributed by atoms with Gasteiger partial charge in [0.1, 0.15) is 0 Å². The van der Waals surface area contributed by atoms with E-state index >= 15 is 0 Å². The van der Waals surface area contributed by atoms with Gasteiger partial charge in [0.2, 0.25) is 0 Å². The van der Waals surface area contributed by atoms with Crippen LogP contribution in [0.5, 0.6) is 0 Å². The molecule has 0 aliphatic carbocycles. The summed E-state index contributed by atoms with van der Waals surface area (Å²) in [6.07, 6.45) is 6.44. The Labute approximate surface area is 111 Å². The van der Waals surface area contributed by atoms with Gasteiger partial charge in [-0.1, -0.05) is 0 Å². The molecular formula is C13H18N4S. The van der Waals surface area contributed by atoms with Gasteiger partial charge in [-0.05, 0) is 31.9 Å². The largest absolute Gasteiger partial charge is 0.298 e. The fourth-order valence-electron chi connectivity index (χ4n) is 2.74. The van der Waals surface area contributed by atoms with Gasteiger partial charge in [-0.15, -0.1) is 11.3 Å². The maximum absolute atomic E-state index is 4.15. The zero-order valence-electron chi connectivity index (χ0n) is 10.6. The van der Waals surface area contributed by atoms with E-state index in [1.54, 1.807) is 11.3 Å². The molecule has 3 rings (SSSR count). The van der Waals surface area contributed by atoms with E-state index in [4.69, 9.17) is 0 Å². The molecule has 5 heteroatoms. The van der Waals surface area contributed by atoms with E-state index in [1.165, 1.54) is 35.5 Å². The Balaban J connectivity index is 1.67. The SMILES string of the molecule is Cc1cn[nH]c1[C@@H]1CCCN(Cc2cncs2)C1. The lowest BCUT2D eigenvalue weighted by Crippen LogP contribution is -2.34. The number of hydrogen-bond acceptors (Lipinski definition) is 4. The van der Waals surface area contributed by atoms with Gasteiger partial charge in [0.05, 0.1) is 11.7 Å². The highest BCUT2D eigenvalue weighted by Crippen LogP contribution is 2.28. The number of thiazole rings is 1. The number of nitrogens with one attached hydrogen (secondary N) is 1. The van der Waals surface area contributed by atoms with Crippen molar-refractivity contribution in [1.29, 1.82) is 0 Å². The minimum absolute atomic E-state index is 0.606. The van der Waals surface area contributed by atoms with Crippen LogP contribution in [0.3, 0.4) is 0 Å². The van der Waals surface area contributed by atoms with Crippen molar-refractivity contribution in [3.8, 4) is 0 Å². The predicted molar refractivity (Wildman–Crippen MR) is 72.7 cm³/mol. The van der Waals surface area contributed by atoms with E-state index in [1.807, 2.05) is 17.9 Å². The molecule has 2 aromatic heterocycles. The summed E-state index contributed by atoms with van der Waals surface area (Å²) in [7, 11) is 0. The number of hydrogen-bond donors (Lipinski definition) is 1. The van der Waals surface area contributed by atoms with Crippen LogP contribution in [-0.2, 0) is 6.54 Å². The summed E-state index contributed by atoms with van der Waals surface area (Å²) < 4.78 is 0. The fourth-order valence-corrected chi connectivity index (χ4v) is 3.38. The maximum Gasteiger partial charge on any atom is 0.0794 e. The molecule has 96 valence electrons. The fraction of sp³-hybridized carbons (Fsp3) is 0.538. The average molecular weight is 262 g/mol. The van der Waals surface area contributed by atoms with E-state index in [9.17, 15) is 0 Å². The van der Waals surface area contributed by atoms with Crippen molar-refractivity contribution >= 4 is 11.3 Å². The second-order valence-corrected chi connectivity index (χ2v) is 5.98. The van der Waals surface area contributed by atoms with Crippen molar-refractivity contribution in [1.82, 2.24) is 20.1 Å². The molecule has 1 N–H and O–H groups in total. The second kappa shape index (κ2) is 5.20. The summed E-state index contributed by atoms with van der Waals surface area (Å²) in [5.74, 6) is 0.606. The zero-order chi connectivity index (χ0) is 12.4. The molecule has 0 radical (unpaired) electrons. The number of piperidine rings is 1. The lowest BCUT2D eigenvalue weighted by Gasteiger charge is -2.32. The number of rotatable bonds is 3. The number of aromatic nitrogens is 3. The van der Waals surface area contributed by atoms with Gasteiger partial charge >= 0.3 is 0 Å². The first-order valence-corrected chi connectivity index (χ1v) is 7.30. The normalized spacial score (nSPS) is 21.3. The van der Waals surface area contributed by atoms with E-state index in [0.29, 0.717) is 5.92 Å². The molecule has 0 aromatic carbocycles. The van der Waals surface area contributed by atoms with Crippen LogP contribution in [0.15, 0.2) is 17.9 Å². The Hall–Kier alpha value is -1.20. The van der Waals surface area contributed by atoms with Gasteiger partial charge in [-0.25, -0.2) is 0 Å². The monoisotopic (exact) mass is 262 g/mol. The highest BCUT2D eigenvalue weighted by molar-refractivity contribution is 7.09. The molecule has 1 saturated heterocycles. The molecule has 0 unspecified atom stereocenters. The molecule has 2 aromatic rings. The quantitative estimate of drug-likeness (QED) is 0.924. The van der Waals surface area contributed by atoms with Gasteiger partial charge in [-0.3, -0.25) is 15.0 Å². The molecule has 0 spiro atoms. The molecule has 3 heterocycles. The Kier molecular flexibility index (Phi) is 3.43. The van der Waals surface area contributed by atoms with Gasteiger partial charge in [-0.2, -0.15) is 5.10 Å². The molecule has 1 atom stereocenters. The van der Waals surface area contributed by atoms with E-state index < -0.39 is 0 Å². The summed E-state index contributed by atoms with van der Waals surface area (Å²) in [5, 5.41) is 7.31. The molecule has 0 bridgehead atoms. The third kappa shape index (κ3) is 2.47. The van der Waals surface area contributed by atoms with Crippen molar-refractivity contribution in [2.75, 3.05) is 13.1 Å². The van der Waals surface area contributed by atoms with Crippen LogP contribution in [-0.4, -0.2) is 33.2 Å². The highest BCUT2D eigenvalue weighted by atomic mass is 32.1. The molecule has 0 saturated carbocycles. The summed E-state index contributed by atoms with van der Waals surface area (Å²) in [5.41, 5.74) is 4.53. The number of H-pyrrole nitrogens is 1. The van der Waals surface area contributed by atoms with E-state index in [-0.39, 0.29) is 0 Å². The summed E-state index contributed by atoms with van der Waals surface area (Å²) in [6.45, 7) is 5.50. The van der Waals surface area contributed by atoms with Gasteiger partial charge in [0.15, 0.2) is 0 Å². The topological polar surface area (TPSA) is 44.8 Å². The molecule has 1 aliphatic rings. The van der Waals surface area contributed by atoms with Gasteiger partial charge < -0.3 is 0 Å². The molecule has 4 nitrogen and oxygen atoms in total. The molecule has 1 aliphatic heterocycles. The van der Waals surface area contributed by atoms with Gasteiger partial charge in [0.25, 0.3) is 0 Å². The third-order valence-corrected chi connectivity index (χ3v) is 4.41. The molecular weight excluding hydrogens is 244 g/mol. The van der Waals surface area contributed by atoms with Crippen molar-refractivity contribution in [3.63, 3.8) is 0 Å². The summed E-state index contributed by atoms with van der Waals surface area (Å²) >= 11 is 1.75. The third-order valence-electron chi connectivity index (χ3n) is 3.64. The molecule has 0 amide bonds. The maximum atomic E-state index is 4.15. The second-order valence-electron chi connectivity index (χ2n) is 5.01. The van der Waals surface area contributed by atoms with Gasteiger partial charge in [0, 0.05) is 35.8 Å². The predicted octanol–water partition coefficient (Wildman–Crippen LogP) is 2.55. The zero-order valence-corrected chi connectivity index (χ0v) is 11.4. The minimum atomic E-state index is 0.606. The van der Waals surface area contributed by atoms with Crippen LogP contribution in [0.1, 0.15) is 34.9 Å². The number of nitrogens with zero attached hydrogens (tertiary/aromatic N) is 3. The smallest absolute Gasteiger partial charge is 0.0794 e. The Morgan fingerprint density at radius 2 is 2.44 bits per heavy atom.